The average molecular weight is 355 g/mol. The molecule has 0 atom stereocenters. The van der Waals surface area contributed by atoms with Crippen LogP contribution in [0, 0.1) is 26.7 Å². The molecule has 0 aliphatic heterocycles. The molecule has 1 aromatic carbocycles. The highest BCUT2D eigenvalue weighted by atomic mass is 16.5. The molecule has 26 heavy (non-hydrogen) atoms. The Morgan fingerprint density at radius 3 is 2.50 bits per heavy atom. The largest absolute Gasteiger partial charge is 0.507 e. The molecule has 1 aliphatic rings. The minimum atomic E-state index is 0.208. The Labute approximate surface area is 156 Å². The van der Waals surface area contributed by atoms with Crippen LogP contribution in [0.4, 0.5) is 5.69 Å². The van der Waals surface area contributed by atoms with Crippen molar-refractivity contribution in [3.63, 3.8) is 0 Å². The van der Waals surface area contributed by atoms with Gasteiger partial charge in [-0.3, -0.25) is 0 Å². The number of phenols is 1. The molecule has 1 fully saturated rings. The lowest BCUT2D eigenvalue weighted by Gasteiger charge is -2.27. The first-order valence-corrected chi connectivity index (χ1v) is 9.42. The van der Waals surface area contributed by atoms with E-state index in [0.717, 1.165) is 47.9 Å². The Morgan fingerprint density at radius 2 is 1.92 bits per heavy atom. The lowest BCUT2D eigenvalue weighted by Crippen LogP contribution is -2.28. The van der Waals surface area contributed by atoms with Crippen molar-refractivity contribution in [2.24, 2.45) is 5.92 Å². The van der Waals surface area contributed by atoms with Crippen LogP contribution in [-0.4, -0.2) is 35.3 Å². The van der Waals surface area contributed by atoms with Gasteiger partial charge in [0.25, 0.3) is 0 Å². The van der Waals surface area contributed by atoms with E-state index < -0.39 is 0 Å². The highest BCUT2D eigenvalue weighted by molar-refractivity contribution is 5.71. The van der Waals surface area contributed by atoms with Crippen LogP contribution in [0.2, 0.25) is 0 Å². The first-order chi connectivity index (χ1) is 12.4. The van der Waals surface area contributed by atoms with Crippen LogP contribution in [-0.2, 0) is 0 Å². The van der Waals surface area contributed by atoms with Gasteiger partial charge in [0.05, 0.1) is 18.4 Å². The third-order valence-corrected chi connectivity index (χ3v) is 4.89. The second kappa shape index (κ2) is 7.52. The zero-order chi connectivity index (χ0) is 18.8. The number of benzene rings is 1. The predicted molar refractivity (Wildman–Crippen MR) is 105 cm³/mol. The van der Waals surface area contributed by atoms with Crippen LogP contribution in [0.15, 0.2) is 12.1 Å². The van der Waals surface area contributed by atoms with Crippen LogP contribution in [0.25, 0.3) is 11.4 Å². The van der Waals surface area contributed by atoms with Crippen molar-refractivity contribution < 1.29 is 9.84 Å². The van der Waals surface area contributed by atoms with E-state index >= 15 is 0 Å². The number of aryl methyl sites for hydroxylation is 3. The van der Waals surface area contributed by atoms with Crippen molar-refractivity contribution in [3.05, 3.63) is 29.0 Å². The predicted octanol–water partition coefficient (Wildman–Crippen LogP) is 4.41. The molecule has 0 unspecified atom stereocenters. The van der Waals surface area contributed by atoms with Gasteiger partial charge in [-0.1, -0.05) is 13.0 Å². The minimum absolute atomic E-state index is 0.208. The SMILES string of the molecule is CCCN(CC1CC1)c1c(C)nc(-c2c(C)cc(C)cc2O)nc1OC. The standard InChI is InChI=1S/C21H29N3O2/c1-6-9-24(12-16-7-8-16)19-15(4)22-20(23-21(19)26-5)18-14(3)10-13(2)11-17(18)25/h10-11,16,25H,6-9,12H2,1-5H3. The maximum Gasteiger partial charge on any atom is 0.241 e. The molecule has 2 aromatic rings. The number of aromatic nitrogens is 2. The first-order valence-electron chi connectivity index (χ1n) is 9.42. The maximum absolute atomic E-state index is 10.4. The Hall–Kier alpha value is -2.30. The maximum atomic E-state index is 10.4. The number of anilines is 1. The van der Waals surface area contributed by atoms with E-state index in [1.54, 1.807) is 13.2 Å². The fourth-order valence-electron chi connectivity index (χ4n) is 3.57. The molecule has 140 valence electrons. The Balaban J connectivity index is 2.07. The molecule has 5 heteroatoms. The van der Waals surface area contributed by atoms with Crippen LogP contribution in [0.1, 0.15) is 43.0 Å². The molecule has 1 aromatic heterocycles. The van der Waals surface area contributed by atoms with Crippen molar-refractivity contribution in [3.8, 4) is 23.0 Å². The Bertz CT molecular complexity index is 777. The van der Waals surface area contributed by atoms with Crippen molar-refractivity contribution >= 4 is 5.69 Å². The number of phenolic OH excluding ortho intramolecular Hbond substituents is 1. The van der Waals surface area contributed by atoms with Crippen LogP contribution < -0.4 is 9.64 Å². The average Bonchev–Trinajstić information content (AvgIpc) is 3.37. The van der Waals surface area contributed by atoms with Gasteiger partial charge in [0, 0.05) is 13.1 Å². The highest BCUT2D eigenvalue weighted by Gasteiger charge is 2.28. The van der Waals surface area contributed by atoms with E-state index in [9.17, 15) is 5.11 Å². The number of aromatic hydroxyl groups is 1. The van der Waals surface area contributed by atoms with E-state index in [4.69, 9.17) is 9.72 Å². The van der Waals surface area contributed by atoms with Gasteiger partial charge < -0.3 is 14.7 Å². The molecule has 0 radical (unpaired) electrons. The van der Waals surface area contributed by atoms with Crippen LogP contribution >= 0.6 is 0 Å². The number of ether oxygens (including phenoxy) is 1. The van der Waals surface area contributed by atoms with E-state index in [1.165, 1.54) is 12.8 Å². The topological polar surface area (TPSA) is 58.5 Å². The second-order valence-electron chi connectivity index (χ2n) is 7.36. The van der Waals surface area contributed by atoms with Gasteiger partial charge in [-0.05, 0) is 63.1 Å². The van der Waals surface area contributed by atoms with E-state index in [-0.39, 0.29) is 5.75 Å². The summed E-state index contributed by atoms with van der Waals surface area (Å²) in [6.45, 7) is 10.1. The molecule has 3 rings (SSSR count). The third kappa shape index (κ3) is 3.76. The van der Waals surface area contributed by atoms with Gasteiger partial charge in [0.1, 0.15) is 11.4 Å². The fourth-order valence-corrected chi connectivity index (χ4v) is 3.57. The van der Waals surface area contributed by atoms with Gasteiger partial charge >= 0.3 is 0 Å². The van der Waals surface area contributed by atoms with Crippen molar-refractivity contribution in [2.45, 2.75) is 47.0 Å². The molecule has 1 saturated carbocycles. The summed E-state index contributed by atoms with van der Waals surface area (Å²) >= 11 is 0. The molecule has 1 N–H and O–H groups in total. The number of rotatable bonds is 7. The summed E-state index contributed by atoms with van der Waals surface area (Å²) in [7, 11) is 1.65. The highest BCUT2D eigenvalue weighted by Crippen LogP contribution is 2.38. The lowest BCUT2D eigenvalue weighted by atomic mass is 10.0. The lowest BCUT2D eigenvalue weighted by molar-refractivity contribution is 0.396. The number of nitrogens with zero attached hydrogens (tertiary/aromatic N) is 3. The van der Waals surface area contributed by atoms with Gasteiger partial charge in [-0.15, -0.1) is 0 Å². The summed E-state index contributed by atoms with van der Waals surface area (Å²) in [5.74, 6) is 2.08. The zero-order valence-corrected chi connectivity index (χ0v) is 16.5. The summed E-state index contributed by atoms with van der Waals surface area (Å²) in [6, 6.07) is 3.78. The van der Waals surface area contributed by atoms with Crippen molar-refractivity contribution in [1.82, 2.24) is 9.97 Å². The third-order valence-electron chi connectivity index (χ3n) is 4.89. The molecular weight excluding hydrogens is 326 g/mol. The van der Waals surface area contributed by atoms with E-state index in [2.05, 4.69) is 16.8 Å². The van der Waals surface area contributed by atoms with Crippen LogP contribution in [0.5, 0.6) is 11.6 Å². The van der Waals surface area contributed by atoms with E-state index in [1.807, 2.05) is 26.8 Å². The molecular formula is C21H29N3O2. The first kappa shape index (κ1) is 18.5. The quantitative estimate of drug-likeness (QED) is 0.797. The fraction of sp³-hybridized carbons (Fsp3) is 0.524. The normalized spacial score (nSPS) is 13.7. The molecule has 0 bridgehead atoms. The van der Waals surface area contributed by atoms with Gasteiger partial charge in [-0.25, -0.2) is 4.98 Å². The number of methoxy groups -OCH3 is 1. The Morgan fingerprint density at radius 1 is 1.19 bits per heavy atom. The molecule has 1 heterocycles. The minimum Gasteiger partial charge on any atom is -0.507 e. The molecule has 0 saturated heterocycles. The molecule has 1 aliphatic carbocycles. The second-order valence-corrected chi connectivity index (χ2v) is 7.36. The Kier molecular flexibility index (Phi) is 5.35. The van der Waals surface area contributed by atoms with Gasteiger partial charge in [0.2, 0.25) is 5.88 Å². The van der Waals surface area contributed by atoms with Crippen molar-refractivity contribution in [2.75, 3.05) is 25.1 Å². The molecule has 5 nitrogen and oxygen atoms in total. The summed E-state index contributed by atoms with van der Waals surface area (Å²) in [5.41, 5.74) is 4.52. The molecule has 0 spiro atoms. The summed E-state index contributed by atoms with van der Waals surface area (Å²) in [5, 5.41) is 10.4. The van der Waals surface area contributed by atoms with Crippen molar-refractivity contribution in [1.29, 1.82) is 0 Å². The molecule has 0 amide bonds. The number of hydrogen-bond acceptors (Lipinski definition) is 5. The summed E-state index contributed by atoms with van der Waals surface area (Å²) in [6.07, 6.45) is 3.67. The van der Waals surface area contributed by atoms with Gasteiger partial charge in [0.15, 0.2) is 5.82 Å². The van der Waals surface area contributed by atoms with Crippen LogP contribution in [0.3, 0.4) is 0 Å². The smallest absolute Gasteiger partial charge is 0.241 e. The summed E-state index contributed by atoms with van der Waals surface area (Å²) in [4.78, 5) is 11.8. The number of hydrogen-bond donors (Lipinski definition) is 1. The monoisotopic (exact) mass is 355 g/mol. The van der Waals surface area contributed by atoms with Gasteiger partial charge in [-0.2, -0.15) is 4.98 Å². The summed E-state index contributed by atoms with van der Waals surface area (Å²) < 4.78 is 5.65. The zero-order valence-electron chi connectivity index (χ0n) is 16.5. The van der Waals surface area contributed by atoms with E-state index in [0.29, 0.717) is 17.3 Å².